The zero-order valence-corrected chi connectivity index (χ0v) is 9.73. The molecule has 4 heteroatoms. The molecular formula is C11H9BrN2O. The van der Waals surface area contributed by atoms with Gasteiger partial charge in [0.05, 0.1) is 5.69 Å². The average Bonchev–Trinajstić information content (AvgIpc) is 2.60. The summed E-state index contributed by atoms with van der Waals surface area (Å²) in [6.45, 7) is 1.85. The van der Waals surface area contributed by atoms with E-state index >= 15 is 0 Å². The highest BCUT2D eigenvalue weighted by Crippen LogP contribution is 2.14. The second-order valence-electron chi connectivity index (χ2n) is 3.16. The minimum atomic E-state index is -0.0636. The Kier molecular flexibility index (Phi) is 2.68. The number of halogens is 1. The molecule has 0 bridgehead atoms. The Morgan fingerprint density at radius 1 is 1.33 bits per heavy atom. The molecule has 15 heavy (non-hydrogen) atoms. The van der Waals surface area contributed by atoms with Gasteiger partial charge in [-0.25, -0.2) is 4.98 Å². The van der Waals surface area contributed by atoms with Crippen LogP contribution in [0, 0.1) is 6.92 Å². The molecule has 1 aromatic heterocycles. The summed E-state index contributed by atoms with van der Waals surface area (Å²) in [5.74, 6) is -0.0636. The van der Waals surface area contributed by atoms with Gasteiger partial charge in [-0.15, -0.1) is 0 Å². The van der Waals surface area contributed by atoms with Gasteiger partial charge in [-0.1, -0.05) is 18.2 Å². The zero-order chi connectivity index (χ0) is 10.8. The summed E-state index contributed by atoms with van der Waals surface area (Å²) in [6, 6.07) is 9.14. The van der Waals surface area contributed by atoms with Crippen molar-refractivity contribution < 1.29 is 4.79 Å². The van der Waals surface area contributed by atoms with Gasteiger partial charge in [0.1, 0.15) is 10.9 Å². The van der Waals surface area contributed by atoms with Crippen molar-refractivity contribution in [1.29, 1.82) is 0 Å². The largest absolute Gasteiger partial charge is 0.268 e. The fraction of sp³-hybridized carbons (Fsp3) is 0.0909. The van der Waals surface area contributed by atoms with Gasteiger partial charge >= 0.3 is 0 Å². The first-order valence-corrected chi connectivity index (χ1v) is 5.28. The lowest BCUT2D eigenvalue weighted by Crippen LogP contribution is -2.12. The molecule has 0 saturated carbocycles. The number of aromatic nitrogens is 2. The van der Waals surface area contributed by atoms with Crippen LogP contribution in [0.25, 0.3) is 0 Å². The Morgan fingerprint density at radius 2 is 2.00 bits per heavy atom. The van der Waals surface area contributed by atoms with Crippen molar-refractivity contribution in [3.63, 3.8) is 0 Å². The van der Waals surface area contributed by atoms with E-state index in [-0.39, 0.29) is 5.91 Å². The first-order chi connectivity index (χ1) is 7.20. The summed E-state index contributed by atoms with van der Waals surface area (Å²) in [5, 5.41) is 0. The van der Waals surface area contributed by atoms with Gasteiger partial charge in [-0.3, -0.25) is 9.36 Å². The number of rotatable bonds is 1. The molecule has 0 amide bonds. The summed E-state index contributed by atoms with van der Waals surface area (Å²) < 4.78 is 2.23. The lowest BCUT2D eigenvalue weighted by atomic mass is 10.2. The van der Waals surface area contributed by atoms with Gasteiger partial charge < -0.3 is 0 Å². The van der Waals surface area contributed by atoms with E-state index in [1.54, 1.807) is 12.1 Å². The third kappa shape index (κ3) is 1.85. The second-order valence-corrected chi connectivity index (χ2v) is 3.91. The first kappa shape index (κ1) is 10.1. The average molecular weight is 265 g/mol. The van der Waals surface area contributed by atoms with Crippen LogP contribution in [-0.4, -0.2) is 15.5 Å². The molecule has 0 unspecified atom stereocenters. The number of hydrogen-bond acceptors (Lipinski definition) is 2. The maximum atomic E-state index is 12.0. The third-order valence-corrected chi connectivity index (χ3v) is 2.96. The Morgan fingerprint density at radius 3 is 2.53 bits per heavy atom. The highest BCUT2D eigenvalue weighted by atomic mass is 79.9. The monoisotopic (exact) mass is 264 g/mol. The molecule has 3 nitrogen and oxygen atoms in total. The molecule has 2 rings (SSSR count). The zero-order valence-electron chi connectivity index (χ0n) is 8.14. The molecule has 2 aromatic rings. The fourth-order valence-electron chi connectivity index (χ4n) is 1.31. The molecule has 0 saturated heterocycles. The van der Waals surface area contributed by atoms with E-state index in [0.29, 0.717) is 10.2 Å². The maximum absolute atomic E-state index is 12.0. The Labute approximate surface area is 95.9 Å². The predicted molar refractivity (Wildman–Crippen MR) is 60.8 cm³/mol. The lowest BCUT2D eigenvalue weighted by Gasteiger charge is -2.03. The van der Waals surface area contributed by atoms with E-state index in [1.165, 1.54) is 10.9 Å². The molecule has 1 aromatic carbocycles. The third-order valence-electron chi connectivity index (χ3n) is 2.19. The molecular weight excluding hydrogens is 256 g/mol. The minimum absolute atomic E-state index is 0.0636. The molecule has 0 fully saturated rings. The summed E-state index contributed by atoms with van der Waals surface area (Å²) in [4.78, 5) is 16.0. The van der Waals surface area contributed by atoms with Crippen LogP contribution >= 0.6 is 15.9 Å². The summed E-state index contributed by atoms with van der Waals surface area (Å²) in [5.41, 5.74) is 1.47. The molecule has 0 atom stereocenters. The quantitative estimate of drug-likeness (QED) is 0.794. The van der Waals surface area contributed by atoms with E-state index in [2.05, 4.69) is 20.9 Å². The van der Waals surface area contributed by atoms with Crippen molar-refractivity contribution in [3.05, 3.63) is 52.5 Å². The number of nitrogens with zero attached hydrogens (tertiary/aromatic N) is 2. The SMILES string of the molecule is Cc1c(Br)ncn1C(=O)c1ccccc1. The van der Waals surface area contributed by atoms with Crippen LogP contribution in [0.1, 0.15) is 16.1 Å². The number of carbonyl (C=O) groups excluding carboxylic acids is 1. The Bertz CT molecular complexity index is 491. The molecule has 76 valence electrons. The molecule has 0 radical (unpaired) electrons. The predicted octanol–water partition coefficient (Wildman–Crippen LogP) is 2.64. The van der Waals surface area contributed by atoms with Gasteiger partial charge in [-0.2, -0.15) is 0 Å². The van der Waals surface area contributed by atoms with E-state index in [0.717, 1.165) is 5.69 Å². The number of hydrogen-bond donors (Lipinski definition) is 0. The summed E-state index contributed by atoms with van der Waals surface area (Å²) in [7, 11) is 0. The highest BCUT2D eigenvalue weighted by Gasteiger charge is 2.12. The van der Waals surface area contributed by atoms with Crippen molar-refractivity contribution >= 4 is 21.8 Å². The number of benzene rings is 1. The van der Waals surface area contributed by atoms with Crippen LogP contribution in [-0.2, 0) is 0 Å². The molecule has 0 aliphatic rings. The van der Waals surface area contributed by atoms with E-state index < -0.39 is 0 Å². The van der Waals surface area contributed by atoms with E-state index in [1.807, 2.05) is 25.1 Å². The Hall–Kier alpha value is -1.42. The van der Waals surface area contributed by atoms with Crippen LogP contribution < -0.4 is 0 Å². The van der Waals surface area contributed by atoms with Crippen LogP contribution in [0.15, 0.2) is 41.3 Å². The van der Waals surface area contributed by atoms with Crippen molar-refractivity contribution in [2.24, 2.45) is 0 Å². The van der Waals surface area contributed by atoms with E-state index in [9.17, 15) is 4.79 Å². The van der Waals surface area contributed by atoms with Crippen molar-refractivity contribution in [2.75, 3.05) is 0 Å². The normalized spacial score (nSPS) is 10.3. The van der Waals surface area contributed by atoms with Crippen LogP contribution in [0.5, 0.6) is 0 Å². The van der Waals surface area contributed by atoms with Crippen molar-refractivity contribution in [2.45, 2.75) is 6.92 Å². The highest BCUT2D eigenvalue weighted by molar-refractivity contribution is 9.10. The molecule has 0 N–H and O–H groups in total. The molecule has 0 spiro atoms. The van der Waals surface area contributed by atoms with Crippen molar-refractivity contribution in [1.82, 2.24) is 9.55 Å². The van der Waals surface area contributed by atoms with Gasteiger partial charge in [0.15, 0.2) is 0 Å². The van der Waals surface area contributed by atoms with E-state index in [4.69, 9.17) is 0 Å². The van der Waals surface area contributed by atoms with Gasteiger partial charge in [-0.05, 0) is 35.0 Å². The maximum Gasteiger partial charge on any atom is 0.263 e. The van der Waals surface area contributed by atoms with Gasteiger partial charge in [0.2, 0.25) is 0 Å². The molecule has 1 heterocycles. The minimum Gasteiger partial charge on any atom is -0.268 e. The lowest BCUT2D eigenvalue weighted by molar-refractivity contribution is 0.0958. The summed E-state index contributed by atoms with van der Waals surface area (Å²) in [6.07, 6.45) is 1.52. The van der Waals surface area contributed by atoms with Gasteiger partial charge in [0, 0.05) is 5.56 Å². The van der Waals surface area contributed by atoms with Crippen molar-refractivity contribution in [3.8, 4) is 0 Å². The van der Waals surface area contributed by atoms with Crippen LogP contribution in [0.3, 0.4) is 0 Å². The summed E-state index contributed by atoms with van der Waals surface area (Å²) >= 11 is 3.27. The molecule has 0 aliphatic heterocycles. The topological polar surface area (TPSA) is 34.9 Å². The smallest absolute Gasteiger partial charge is 0.263 e. The second kappa shape index (κ2) is 3.98. The first-order valence-electron chi connectivity index (χ1n) is 4.49. The van der Waals surface area contributed by atoms with Crippen LogP contribution in [0.4, 0.5) is 0 Å². The number of imidazole rings is 1. The molecule has 0 aliphatic carbocycles. The standard InChI is InChI=1S/C11H9BrN2O/c1-8-10(12)13-7-14(8)11(15)9-5-3-2-4-6-9/h2-7H,1H3. The van der Waals surface area contributed by atoms with Crippen LogP contribution in [0.2, 0.25) is 0 Å². The number of carbonyl (C=O) groups is 1. The Balaban J connectivity index is 2.42. The fourth-order valence-corrected chi connectivity index (χ4v) is 1.60. The van der Waals surface area contributed by atoms with Gasteiger partial charge in [0.25, 0.3) is 5.91 Å².